The summed E-state index contributed by atoms with van der Waals surface area (Å²) in [4.78, 5) is 25.2. The number of hydrogen-bond donors (Lipinski definition) is 1. The van der Waals surface area contributed by atoms with Gasteiger partial charge in [0.2, 0.25) is 5.91 Å². The lowest BCUT2D eigenvalue weighted by atomic mass is 10.1. The first-order valence-electron chi connectivity index (χ1n) is 5.98. The van der Waals surface area contributed by atoms with Gasteiger partial charge < -0.3 is 10.5 Å². The predicted octanol–water partition coefficient (Wildman–Crippen LogP) is 0.709. The van der Waals surface area contributed by atoms with Crippen LogP contribution in [0.3, 0.4) is 0 Å². The maximum absolute atomic E-state index is 12.1. The quantitative estimate of drug-likeness (QED) is 0.826. The minimum Gasteiger partial charge on any atom is -0.378 e. The second-order valence-electron chi connectivity index (χ2n) is 4.40. The monoisotopic (exact) mass is 282 g/mol. The van der Waals surface area contributed by atoms with E-state index >= 15 is 0 Å². The van der Waals surface area contributed by atoms with Crippen LogP contribution >= 0.6 is 11.6 Å². The van der Waals surface area contributed by atoms with E-state index in [1.165, 1.54) is 0 Å². The molecule has 2 rings (SSSR count). The molecule has 1 unspecified atom stereocenters. The van der Waals surface area contributed by atoms with Gasteiger partial charge in [-0.15, -0.1) is 0 Å². The van der Waals surface area contributed by atoms with Crippen molar-refractivity contribution < 1.29 is 14.3 Å². The summed E-state index contributed by atoms with van der Waals surface area (Å²) in [6.45, 7) is 1.38. The minimum atomic E-state index is -0.545. The van der Waals surface area contributed by atoms with Gasteiger partial charge >= 0.3 is 0 Å². The van der Waals surface area contributed by atoms with Gasteiger partial charge in [0.1, 0.15) is 6.04 Å². The van der Waals surface area contributed by atoms with Crippen molar-refractivity contribution in [1.29, 1.82) is 0 Å². The zero-order chi connectivity index (χ0) is 13.8. The van der Waals surface area contributed by atoms with Gasteiger partial charge in [-0.3, -0.25) is 14.5 Å². The fourth-order valence-corrected chi connectivity index (χ4v) is 2.22. The van der Waals surface area contributed by atoms with E-state index in [2.05, 4.69) is 0 Å². The van der Waals surface area contributed by atoms with Crippen LogP contribution < -0.4 is 5.73 Å². The number of nitrogens with two attached hydrogens (primary N) is 1. The molecule has 1 atom stereocenters. The first kappa shape index (κ1) is 14.0. The molecule has 5 nitrogen and oxygen atoms in total. The molecular formula is C13H15ClN2O3. The number of ketones is 1. The minimum absolute atomic E-state index is 0.0874. The Hall–Kier alpha value is -1.43. The molecule has 1 heterocycles. The Balaban J connectivity index is 2.07. The molecule has 1 fully saturated rings. The topological polar surface area (TPSA) is 72.6 Å². The first-order chi connectivity index (χ1) is 9.08. The second kappa shape index (κ2) is 6.14. The molecule has 0 spiro atoms. The maximum Gasteiger partial charge on any atom is 0.237 e. The van der Waals surface area contributed by atoms with E-state index in [1.807, 2.05) is 0 Å². The van der Waals surface area contributed by atoms with E-state index in [4.69, 9.17) is 22.1 Å². The van der Waals surface area contributed by atoms with Crippen molar-refractivity contribution in [3.8, 4) is 0 Å². The second-order valence-corrected chi connectivity index (χ2v) is 4.83. The van der Waals surface area contributed by atoms with Gasteiger partial charge in [0.15, 0.2) is 5.78 Å². The van der Waals surface area contributed by atoms with Gasteiger partial charge in [-0.2, -0.15) is 0 Å². The number of hydrogen-bond acceptors (Lipinski definition) is 4. The molecule has 0 aromatic heterocycles. The van der Waals surface area contributed by atoms with E-state index in [9.17, 15) is 9.59 Å². The van der Waals surface area contributed by atoms with Gasteiger partial charge in [0.05, 0.1) is 19.8 Å². The fourth-order valence-electron chi connectivity index (χ4n) is 2.03. The number of ether oxygens (including phenoxy) is 1. The summed E-state index contributed by atoms with van der Waals surface area (Å²) in [7, 11) is 0. The van der Waals surface area contributed by atoms with E-state index in [0.717, 1.165) is 0 Å². The van der Waals surface area contributed by atoms with Crippen molar-refractivity contribution in [3.05, 3.63) is 34.9 Å². The van der Waals surface area contributed by atoms with Crippen molar-refractivity contribution >= 4 is 23.3 Å². The number of benzene rings is 1. The third kappa shape index (κ3) is 3.53. The molecule has 102 valence electrons. The third-order valence-electron chi connectivity index (χ3n) is 3.06. The highest BCUT2D eigenvalue weighted by atomic mass is 35.5. The molecule has 1 aromatic rings. The summed E-state index contributed by atoms with van der Waals surface area (Å²) in [6, 6.07) is 6.20. The molecule has 1 aliphatic rings. The summed E-state index contributed by atoms with van der Waals surface area (Å²) in [5.74, 6) is -0.561. The number of carbonyl (C=O) groups is 2. The fraction of sp³-hybridized carbons (Fsp3) is 0.385. The summed E-state index contributed by atoms with van der Waals surface area (Å²) < 4.78 is 5.21. The summed E-state index contributed by atoms with van der Waals surface area (Å²) >= 11 is 5.85. The molecule has 0 bridgehead atoms. The normalized spacial score (nSPS) is 20.2. The molecule has 0 aliphatic carbocycles. The van der Waals surface area contributed by atoms with E-state index in [0.29, 0.717) is 23.7 Å². The van der Waals surface area contributed by atoms with Crippen LogP contribution in [0.4, 0.5) is 0 Å². The van der Waals surface area contributed by atoms with Crippen LogP contribution in [0, 0.1) is 0 Å². The lowest BCUT2D eigenvalue weighted by molar-refractivity contribution is -0.128. The molecule has 1 amide bonds. The van der Waals surface area contributed by atoms with Gasteiger partial charge in [0, 0.05) is 17.1 Å². The number of primary amides is 1. The Labute approximate surface area is 116 Å². The van der Waals surface area contributed by atoms with Crippen molar-refractivity contribution in [2.75, 3.05) is 26.3 Å². The van der Waals surface area contributed by atoms with Gasteiger partial charge in [-0.05, 0) is 12.1 Å². The highest BCUT2D eigenvalue weighted by Crippen LogP contribution is 2.13. The molecule has 19 heavy (non-hydrogen) atoms. The zero-order valence-corrected chi connectivity index (χ0v) is 11.1. The molecule has 1 saturated heterocycles. The van der Waals surface area contributed by atoms with Gasteiger partial charge in [-0.25, -0.2) is 0 Å². The zero-order valence-electron chi connectivity index (χ0n) is 10.3. The standard InChI is InChI=1S/C13H15ClN2O3/c14-10-3-1-2-9(6-10)12(17)7-16-4-5-19-8-11(16)13(15)18/h1-3,6,11H,4-5,7-8H2,(H2,15,18). The molecule has 1 aliphatic heterocycles. The highest BCUT2D eigenvalue weighted by molar-refractivity contribution is 6.31. The third-order valence-corrected chi connectivity index (χ3v) is 3.30. The Morgan fingerprint density at radius 3 is 2.95 bits per heavy atom. The summed E-state index contributed by atoms with van der Waals surface area (Å²) in [6.07, 6.45) is 0. The number of carbonyl (C=O) groups excluding carboxylic acids is 2. The number of morpholine rings is 1. The van der Waals surface area contributed by atoms with Crippen LogP contribution in [-0.4, -0.2) is 48.9 Å². The van der Waals surface area contributed by atoms with Crippen LogP contribution in [0.2, 0.25) is 5.02 Å². The SMILES string of the molecule is NC(=O)C1COCCN1CC(=O)c1cccc(Cl)c1. The molecule has 1 aromatic carbocycles. The number of rotatable bonds is 4. The lowest BCUT2D eigenvalue weighted by Gasteiger charge is -2.32. The van der Waals surface area contributed by atoms with Gasteiger partial charge in [0.25, 0.3) is 0 Å². The van der Waals surface area contributed by atoms with Gasteiger partial charge in [-0.1, -0.05) is 23.7 Å². The van der Waals surface area contributed by atoms with Crippen LogP contribution in [0.15, 0.2) is 24.3 Å². The summed E-state index contributed by atoms with van der Waals surface area (Å²) in [5, 5.41) is 0.513. The molecule has 0 radical (unpaired) electrons. The van der Waals surface area contributed by atoms with E-state index in [-0.39, 0.29) is 18.9 Å². The number of halogens is 1. The maximum atomic E-state index is 12.1. The lowest BCUT2D eigenvalue weighted by Crippen LogP contribution is -2.53. The van der Waals surface area contributed by atoms with Crippen LogP contribution in [-0.2, 0) is 9.53 Å². The van der Waals surface area contributed by atoms with Crippen LogP contribution in [0.1, 0.15) is 10.4 Å². The summed E-state index contributed by atoms with van der Waals surface area (Å²) in [5.41, 5.74) is 5.83. The molecular weight excluding hydrogens is 268 g/mol. The number of amides is 1. The van der Waals surface area contributed by atoms with Crippen molar-refractivity contribution in [2.24, 2.45) is 5.73 Å². The average molecular weight is 283 g/mol. The van der Waals surface area contributed by atoms with Crippen molar-refractivity contribution in [1.82, 2.24) is 4.90 Å². The Morgan fingerprint density at radius 2 is 2.26 bits per heavy atom. The van der Waals surface area contributed by atoms with E-state index < -0.39 is 11.9 Å². The number of nitrogens with zero attached hydrogens (tertiary/aromatic N) is 1. The van der Waals surface area contributed by atoms with Crippen LogP contribution in [0.5, 0.6) is 0 Å². The van der Waals surface area contributed by atoms with E-state index in [1.54, 1.807) is 29.2 Å². The Bertz CT molecular complexity index is 493. The molecule has 0 saturated carbocycles. The first-order valence-corrected chi connectivity index (χ1v) is 6.35. The molecule has 6 heteroatoms. The largest absolute Gasteiger partial charge is 0.378 e. The average Bonchev–Trinajstić information content (AvgIpc) is 2.39. The smallest absolute Gasteiger partial charge is 0.237 e. The highest BCUT2D eigenvalue weighted by Gasteiger charge is 2.29. The van der Waals surface area contributed by atoms with Crippen molar-refractivity contribution in [3.63, 3.8) is 0 Å². The molecule has 2 N–H and O–H groups in total. The number of Topliss-reactive ketones (excluding diaryl/α,β-unsaturated/α-hetero) is 1. The predicted molar refractivity (Wildman–Crippen MR) is 71.2 cm³/mol. The Morgan fingerprint density at radius 1 is 1.47 bits per heavy atom. The van der Waals surface area contributed by atoms with Crippen molar-refractivity contribution in [2.45, 2.75) is 6.04 Å². The van der Waals surface area contributed by atoms with Crippen LogP contribution in [0.25, 0.3) is 0 Å². The Kier molecular flexibility index (Phi) is 4.52.